The predicted molar refractivity (Wildman–Crippen MR) is 72.9 cm³/mol. The van der Waals surface area contributed by atoms with E-state index in [-0.39, 0.29) is 0 Å². The lowest BCUT2D eigenvalue weighted by Gasteiger charge is -2.11. The summed E-state index contributed by atoms with van der Waals surface area (Å²) in [4.78, 5) is 4.36. The average molecular weight is 248 g/mol. The number of nitrogen functional groups attached to an aromatic ring is 1. The minimum absolute atomic E-state index is 0.630. The average Bonchev–Trinajstić information content (AvgIpc) is 2.27. The molecule has 3 N–H and O–H groups in total. The molecule has 88 valence electrons. The number of hydrogen-bond donors (Lipinski definition) is 2. The van der Waals surface area contributed by atoms with Crippen LogP contribution in [0.15, 0.2) is 30.3 Å². The number of nitrogens with one attached hydrogen (secondary N) is 1. The summed E-state index contributed by atoms with van der Waals surface area (Å²) in [5.41, 5.74) is 9.43. The van der Waals surface area contributed by atoms with Gasteiger partial charge in [0, 0.05) is 16.4 Å². The molecular weight excluding hydrogens is 234 g/mol. The van der Waals surface area contributed by atoms with Gasteiger partial charge in [-0.1, -0.05) is 11.6 Å². The smallest absolute Gasteiger partial charge is 0.153 e. The Labute approximate surface area is 106 Å². The summed E-state index contributed by atoms with van der Waals surface area (Å²) >= 11 is 5.91. The molecule has 4 heteroatoms. The molecule has 0 radical (unpaired) electrons. The van der Waals surface area contributed by atoms with Crippen LogP contribution in [0.1, 0.15) is 11.3 Å². The maximum absolute atomic E-state index is 5.91. The van der Waals surface area contributed by atoms with Crippen molar-refractivity contribution in [3.63, 3.8) is 0 Å². The van der Waals surface area contributed by atoms with Gasteiger partial charge in [-0.15, -0.1) is 0 Å². The van der Waals surface area contributed by atoms with Gasteiger partial charge in [0.25, 0.3) is 0 Å². The van der Waals surface area contributed by atoms with E-state index in [1.165, 1.54) is 0 Å². The Kier molecular flexibility index (Phi) is 3.20. The monoisotopic (exact) mass is 247 g/mol. The van der Waals surface area contributed by atoms with Crippen molar-refractivity contribution in [3.05, 3.63) is 46.6 Å². The van der Waals surface area contributed by atoms with Crippen LogP contribution in [0.25, 0.3) is 0 Å². The predicted octanol–water partition coefficient (Wildman–Crippen LogP) is 3.68. The summed E-state index contributed by atoms with van der Waals surface area (Å²) in [5.74, 6) is 0.676. The Morgan fingerprint density at radius 2 is 1.94 bits per heavy atom. The number of rotatable bonds is 2. The van der Waals surface area contributed by atoms with Gasteiger partial charge in [0.15, 0.2) is 5.82 Å². The topological polar surface area (TPSA) is 50.9 Å². The van der Waals surface area contributed by atoms with Crippen LogP contribution in [0, 0.1) is 13.8 Å². The minimum atomic E-state index is 0.630. The van der Waals surface area contributed by atoms with Crippen LogP contribution in [0.4, 0.5) is 17.2 Å². The number of nitrogens with two attached hydrogens (primary N) is 1. The van der Waals surface area contributed by atoms with Crippen LogP contribution in [0.3, 0.4) is 0 Å². The van der Waals surface area contributed by atoms with Gasteiger partial charge in [-0.3, -0.25) is 0 Å². The van der Waals surface area contributed by atoms with Crippen molar-refractivity contribution in [2.45, 2.75) is 13.8 Å². The first-order valence-electron chi connectivity index (χ1n) is 5.32. The minimum Gasteiger partial charge on any atom is -0.396 e. The van der Waals surface area contributed by atoms with Gasteiger partial charge in [0.2, 0.25) is 0 Å². The van der Waals surface area contributed by atoms with Crippen molar-refractivity contribution >= 4 is 28.8 Å². The van der Waals surface area contributed by atoms with Crippen molar-refractivity contribution in [3.8, 4) is 0 Å². The number of aryl methyl sites for hydroxylation is 2. The molecule has 0 spiro atoms. The van der Waals surface area contributed by atoms with Gasteiger partial charge in [-0.25, -0.2) is 4.98 Å². The zero-order valence-electron chi connectivity index (χ0n) is 9.79. The first-order chi connectivity index (χ1) is 8.06. The fourth-order valence-corrected chi connectivity index (χ4v) is 1.79. The second kappa shape index (κ2) is 4.63. The molecule has 0 saturated carbocycles. The van der Waals surface area contributed by atoms with Crippen LogP contribution >= 0.6 is 11.6 Å². The van der Waals surface area contributed by atoms with E-state index in [1.807, 2.05) is 44.2 Å². The van der Waals surface area contributed by atoms with E-state index in [9.17, 15) is 0 Å². The van der Waals surface area contributed by atoms with Crippen LogP contribution in [-0.2, 0) is 0 Å². The van der Waals surface area contributed by atoms with Crippen LogP contribution < -0.4 is 11.1 Å². The zero-order valence-corrected chi connectivity index (χ0v) is 10.5. The summed E-state index contributed by atoms with van der Waals surface area (Å²) in [6, 6.07) is 9.38. The highest BCUT2D eigenvalue weighted by molar-refractivity contribution is 6.30. The number of aromatic nitrogens is 1. The van der Waals surface area contributed by atoms with E-state index >= 15 is 0 Å². The van der Waals surface area contributed by atoms with Crippen molar-refractivity contribution in [2.75, 3.05) is 11.1 Å². The molecule has 0 aliphatic heterocycles. The van der Waals surface area contributed by atoms with E-state index in [2.05, 4.69) is 10.3 Å². The molecule has 0 aliphatic rings. The number of benzene rings is 1. The summed E-state index contributed by atoms with van der Waals surface area (Å²) in [7, 11) is 0. The molecule has 3 nitrogen and oxygen atoms in total. The SMILES string of the molecule is Cc1ccc(N)c(Nc2ccc(Cl)cc2C)n1. The van der Waals surface area contributed by atoms with Gasteiger partial charge in [0.05, 0.1) is 5.69 Å². The standard InChI is InChI=1S/C13H14ClN3/c1-8-7-10(14)4-6-12(8)17-13-11(15)5-3-9(2)16-13/h3-7H,15H2,1-2H3,(H,16,17). The highest BCUT2D eigenvalue weighted by Crippen LogP contribution is 2.25. The number of nitrogens with zero attached hydrogens (tertiary/aromatic N) is 1. The molecular formula is C13H14ClN3. The lowest BCUT2D eigenvalue weighted by atomic mass is 10.2. The third-order valence-corrected chi connectivity index (χ3v) is 2.74. The summed E-state index contributed by atoms with van der Waals surface area (Å²) in [6.07, 6.45) is 0. The molecule has 0 aliphatic carbocycles. The van der Waals surface area contributed by atoms with Gasteiger partial charge >= 0.3 is 0 Å². The van der Waals surface area contributed by atoms with Crippen molar-refractivity contribution in [2.24, 2.45) is 0 Å². The third kappa shape index (κ3) is 2.68. The molecule has 0 saturated heterocycles. The van der Waals surface area contributed by atoms with Crippen LogP contribution in [0.5, 0.6) is 0 Å². The van der Waals surface area contributed by atoms with Crippen molar-refractivity contribution < 1.29 is 0 Å². The number of anilines is 3. The first-order valence-corrected chi connectivity index (χ1v) is 5.70. The molecule has 0 amide bonds. The third-order valence-electron chi connectivity index (χ3n) is 2.51. The summed E-state index contributed by atoms with van der Waals surface area (Å²) in [5, 5.41) is 3.93. The fraction of sp³-hybridized carbons (Fsp3) is 0.154. The number of halogens is 1. The molecule has 0 unspecified atom stereocenters. The summed E-state index contributed by atoms with van der Waals surface area (Å²) < 4.78 is 0. The highest BCUT2D eigenvalue weighted by Gasteiger charge is 2.04. The maximum Gasteiger partial charge on any atom is 0.153 e. The van der Waals surface area contributed by atoms with Gasteiger partial charge < -0.3 is 11.1 Å². The second-order valence-corrected chi connectivity index (χ2v) is 4.41. The molecule has 0 atom stereocenters. The van der Waals surface area contributed by atoms with Crippen molar-refractivity contribution in [1.82, 2.24) is 4.98 Å². The zero-order chi connectivity index (χ0) is 12.4. The molecule has 2 aromatic rings. The normalized spacial score (nSPS) is 10.3. The Balaban J connectivity index is 2.34. The Hall–Kier alpha value is -1.74. The first kappa shape index (κ1) is 11.7. The molecule has 17 heavy (non-hydrogen) atoms. The van der Waals surface area contributed by atoms with E-state index in [0.717, 1.165) is 22.0 Å². The molecule has 1 heterocycles. The highest BCUT2D eigenvalue weighted by atomic mass is 35.5. The van der Waals surface area contributed by atoms with Crippen LogP contribution in [-0.4, -0.2) is 4.98 Å². The van der Waals surface area contributed by atoms with Crippen molar-refractivity contribution in [1.29, 1.82) is 0 Å². The lowest BCUT2D eigenvalue weighted by Crippen LogP contribution is -2.01. The fourth-order valence-electron chi connectivity index (χ4n) is 1.56. The molecule has 2 rings (SSSR count). The molecule has 0 bridgehead atoms. The van der Waals surface area contributed by atoms with Gasteiger partial charge in [-0.2, -0.15) is 0 Å². The van der Waals surface area contributed by atoms with E-state index in [0.29, 0.717) is 11.5 Å². The molecule has 1 aromatic heterocycles. The lowest BCUT2D eigenvalue weighted by molar-refractivity contribution is 1.20. The van der Waals surface area contributed by atoms with E-state index < -0.39 is 0 Å². The largest absolute Gasteiger partial charge is 0.396 e. The van der Waals surface area contributed by atoms with Crippen LogP contribution in [0.2, 0.25) is 5.02 Å². The second-order valence-electron chi connectivity index (χ2n) is 3.97. The van der Waals surface area contributed by atoms with E-state index in [4.69, 9.17) is 17.3 Å². The van der Waals surface area contributed by atoms with E-state index in [1.54, 1.807) is 0 Å². The van der Waals surface area contributed by atoms with Gasteiger partial charge in [0.1, 0.15) is 0 Å². The molecule has 1 aromatic carbocycles. The van der Waals surface area contributed by atoms with Gasteiger partial charge in [-0.05, 0) is 49.7 Å². The molecule has 0 fully saturated rings. The summed E-state index contributed by atoms with van der Waals surface area (Å²) in [6.45, 7) is 3.92. The Morgan fingerprint density at radius 1 is 1.18 bits per heavy atom. The quantitative estimate of drug-likeness (QED) is 0.851. The maximum atomic E-state index is 5.91. The Morgan fingerprint density at radius 3 is 2.65 bits per heavy atom. The Bertz CT molecular complexity index is 552. The number of pyridine rings is 1. The number of hydrogen-bond acceptors (Lipinski definition) is 3.